The molecule has 0 saturated heterocycles. The maximum absolute atomic E-state index is 12.0. The fraction of sp³-hybridized carbons (Fsp3) is 0.250. The van der Waals surface area contributed by atoms with Gasteiger partial charge in [0.15, 0.2) is 0 Å². The number of ether oxygens (including phenoxy) is 1. The van der Waals surface area contributed by atoms with Gasteiger partial charge in [-0.05, 0) is 30.2 Å². The Balaban J connectivity index is 2.47. The lowest BCUT2D eigenvalue weighted by molar-refractivity contribution is 0.0945. The van der Waals surface area contributed by atoms with Crippen molar-refractivity contribution in [3.05, 3.63) is 51.0 Å². The number of rotatable bonds is 8. The molecule has 0 spiro atoms. The highest BCUT2D eigenvalue weighted by Crippen LogP contribution is 2.38. The zero-order valence-electron chi connectivity index (χ0n) is 13.5. The molecule has 0 aliphatic heterocycles. The molecule has 0 bridgehead atoms. The third-order valence-electron chi connectivity index (χ3n) is 3.43. The summed E-state index contributed by atoms with van der Waals surface area (Å²) in [6.07, 6.45) is 0.383. The number of para-hydroxylation sites is 1. The number of aliphatic hydroxyl groups excluding tert-OH is 1. The molecule has 4 N–H and O–H groups in total. The van der Waals surface area contributed by atoms with E-state index in [0.717, 1.165) is 0 Å². The van der Waals surface area contributed by atoms with Crippen LogP contribution in [0.15, 0.2) is 35.2 Å². The van der Waals surface area contributed by atoms with Crippen LogP contribution in [0.2, 0.25) is 15.1 Å². The van der Waals surface area contributed by atoms with Crippen LogP contribution in [-0.2, 0) is 21.2 Å². The second kappa shape index (κ2) is 9.23. The predicted octanol–water partition coefficient (Wildman–Crippen LogP) is 3.59. The number of benzene rings is 2. The molecule has 2 aromatic carbocycles. The molecule has 0 aliphatic rings. The quantitative estimate of drug-likeness (QED) is 0.546. The Morgan fingerprint density at radius 1 is 1.08 bits per heavy atom. The molecule has 0 saturated carbocycles. The van der Waals surface area contributed by atoms with E-state index in [9.17, 15) is 8.42 Å². The number of nitrogens with one attached hydrogen (secondary N) is 1. The van der Waals surface area contributed by atoms with Gasteiger partial charge in [0, 0.05) is 5.02 Å². The Morgan fingerprint density at radius 3 is 2.31 bits per heavy atom. The van der Waals surface area contributed by atoms with Crippen molar-refractivity contribution >= 4 is 56.2 Å². The van der Waals surface area contributed by atoms with E-state index in [4.69, 9.17) is 49.8 Å². The Labute approximate surface area is 166 Å². The van der Waals surface area contributed by atoms with Crippen molar-refractivity contribution in [3.8, 4) is 0 Å². The highest BCUT2D eigenvalue weighted by molar-refractivity contribution is 7.89. The summed E-state index contributed by atoms with van der Waals surface area (Å²) >= 11 is 18.3. The zero-order chi connectivity index (χ0) is 19.3. The Morgan fingerprint density at radius 2 is 1.73 bits per heavy atom. The number of halogens is 3. The van der Waals surface area contributed by atoms with Gasteiger partial charge >= 0.3 is 0 Å². The summed E-state index contributed by atoms with van der Waals surface area (Å²) in [5.41, 5.74) is 1.21. The Bertz CT molecular complexity index is 868. The third-order valence-corrected chi connectivity index (χ3v) is 5.19. The minimum Gasteiger partial charge on any atom is -0.394 e. The summed E-state index contributed by atoms with van der Waals surface area (Å²) in [5.74, 6) is 0. The van der Waals surface area contributed by atoms with E-state index in [0.29, 0.717) is 22.7 Å². The predicted molar refractivity (Wildman–Crippen MR) is 104 cm³/mol. The van der Waals surface area contributed by atoms with Crippen LogP contribution in [0.1, 0.15) is 5.56 Å². The van der Waals surface area contributed by atoms with Crippen molar-refractivity contribution in [2.45, 2.75) is 11.3 Å². The third kappa shape index (κ3) is 5.47. The minimum absolute atomic E-state index is 0.0979. The van der Waals surface area contributed by atoms with E-state index in [2.05, 4.69) is 5.32 Å². The standard InChI is InChI=1S/C16H17Cl3N2O4S/c17-11-8-12(18)16(13(19)9-11)21-15-10(4-6-25-7-5-22)2-1-3-14(15)26(20,23)24/h1-3,8-9,21-22H,4-7H2,(H2,20,23,24). The van der Waals surface area contributed by atoms with Crippen LogP contribution < -0.4 is 10.5 Å². The maximum Gasteiger partial charge on any atom is 0.240 e. The van der Waals surface area contributed by atoms with Crippen LogP contribution in [0.5, 0.6) is 0 Å². The number of aliphatic hydroxyl groups is 1. The number of hydrogen-bond acceptors (Lipinski definition) is 5. The zero-order valence-corrected chi connectivity index (χ0v) is 16.6. The number of sulfonamides is 1. The lowest BCUT2D eigenvalue weighted by atomic mass is 10.1. The first-order valence-corrected chi connectivity index (χ1v) is 10.2. The summed E-state index contributed by atoms with van der Waals surface area (Å²) in [4.78, 5) is -0.0979. The van der Waals surface area contributed by atoms with Gasteiger partial charge < -0.3 is 15.2 Å². The molecule has 2 rings (SSSR count). The molecule has 0 unspecified atom stereocenters. The van der Waals surface area contributed by atoms with Crippen molar-refractivity contribution in [2.75, 3.05) is 25.1 Å². The van der Waals surface area contributed by atoms with Gasteiger partial charge in [-0.15, -0.1) is 0 Å². The van der Waals surface area contributed by atoms with E-state index in [1.165, 1.54) is 18.2 Å². The van der Waals surface area contributed by atoms with Crippen LogP contribution in [0.25, 0.3) is 0 Å². The number of anilines is 2. The van der Waals surface area contributed by atoms with Crippen LogP contribution in [0, 0.1) is 0 Å². The van der Waals surface area contributed by atoms with Gasteiger partial charge in [-0.2, -0.15) is 0 Å². The molecule has 0 radical (unpaired) electrons. The van der Waals surface area contributed by atoms with Crippen molar-refractivity contribution in [1.82, 2.24) is 0 Å². The molecule has 0 amide bonds. The first-order chi connectivity index (χ1) is 12.2. The van der Waals surface area contributed by atoms with Gasteiger partial charge in [0.25, 0.3) is 0 Å². The highest BCUT2D eigenvalue weighted by atomic mass is 35.5. The van der Waals surface area contributed by atoms with E-state index in [-0.39, 0.29) is 40.4 Å². The van der Waals surface area contributed by atoms with E-state index < -0.39 is 10.0 Å². The van der Waals surface area contributed by atoms with Crippen LogP contribution in [0.4, 0.5) is 11.4 Å². The van der Waals surface area contributed by atoms with Gasteiger partial charge in [-0.3, -0.25) is 0 Å². The molecule has 26 heavy (non-hydrogen) atoms. The minimum atomic E-state index is -4.00. The number of nitrogens with two attached hydrogens (primary N) is 1. The molecule has 6 nitrogen and oxygen atoms in total. The second-order valence-corrected chi connectivity index (χ2v) is 8.07. The molecule has 0 heterocycles. The highest BCUT2D eigenvalue weighted by Gasteiger charge is 2.19. The summed E-state index contributed by atoms with van der Waals surface area (Å²) in [6.45, 7) is 0.371. The molecule has 142 valence electrons. The first-order valence-electron chi connectivity index (χ1n) is 7.49. The number of primary sulfonamides is 1. The van der Waals surface area contributed by atoms with Gasteiger partial charge in [-0.1, -0.05) is 46.9 Å². The van der Waals surface area contributed by atoms with E-state index in [1.807, 2.05) is 0 Å². The van der Waals surface area contributed by atoms with Crippen LogP contribution >= 0.6 is 34.8 Å². The van der Waals surface area contributed by atoms with E-state index >= 15 is 0 Å². The first kappa shape index (κ1) is 21.2. The number of hydrogen-bond donors (Lipinski definition) is 3. The lowest BCUT2D eigenvalue weighted by Gasteiger charge is -2.18. The topological polar surface area (TPSA) is 102 Å². The maximum atomic E-state index is 12.0. The Hall–Kier alpha value is -1.06. The van der Waals surface area contributed by atoms with Crippen molar-refractivity contribution in [2.24, 2.45) is 5.14 Å². The largest absolute Gasteiger partial charge is 0.394 e. The SMILES string of the molecule is NS(=O)(=O)c1cccc(CCOCCO)c1Nc1c(Cl)cc(Cl)cc1Cl. The molecule has 2 aromatic rings. The fourth-order valence-electron chi connectivity index (χ4n) is 2.30. The molecule has 0 aromatic heterocycles. The van der Waals surface area contributed by atoms with E-state index in [1.54, 1.807) is 12.1 Å². The van der Waals surface area contributed by atoms with Crippen molar-refractivity contribution in [3.63, 3.8) is 0 Å². The molecule has 0 atom stereocenters. The molecule has 10 heteroatoms. The monoisotopic (exact) mass is 438 g/mol. The molecule has 0 aliphatic carbocycles. The van der Waals surface area contributed by atoms with Gasteiger partial charge in [0.05, 0.1) is 41.2 Å². The fourth-order valence-corrected chi connectivity index (χ4v) is 3.95. The smallest absolute Gasteiger partial charge is 0.240 e. The average molecular weight is 440 g/mol. The molecule has 0 fully saturated rings. The molecular weight excluding hydrogens is 423 g/mol. The van der Waals surface area contributed by atoms with Crippen LogP contribution in [-0.4, -0.2) is 33.3 Å². The van der Waals surface area contributed by atoms with Gasteiger partial charge in [-0.25, -0.2) is 13.6 Å². The summed E-state index contributed by atoms with van der Waals surface area (Å²) < 4.78 is 29.2. The average Bonchev–Trinajstić information content (AvgIpc) is 2.54. The summed E-state index contributed by atoms with van der Waals surface area (Å²) in [5, 5.41) is 17.9. The van der Waals surface area contributed by atoms with Crippen molar-refractivity contribution < 1.29 is 18.3 Å². The summed E-state index contributed by atoms with van der Waals surface area (Å²) in [6, 6.07) is 7.67. The van der Waals surface area contributed by atoms with Gasteiger partial charge in [0.1, 0.15) is 4.90 Å². The molecular formula is C16H17Cl3N2O4S. The Kier molecular flexibility index (Phi) is 7.54. The van der Waals surface area contributed by atoms with Crippen molar-refractivity contribution in [1.29, 1.82) is 0 Å². The summed E-state index contributed by atoms with van der Waals surface area (Å²) in [7, 11) is -4.00. The second-order valence-electron chi connectivity index (χ2n) is 5.29. The van der Waals surface area contributed by atoms with Gasteiger partial charge in [0.2, 0.25) is 10.0 Å². The lowest BCUT2D eigenvalue weighted by Crippen LogP contribution is -2.16. The van der Waals surface area contributed by atoms with Crippen LogP contribution in [0.3, 0.4) is 0 Å². The normalized spacial score (nSPS) is 11.6.